The van der Waals surface area contributed by atoms with Crippen molar-refractivity contribution >= 4 is 9.84 Å². The number of nitrogens with zero attached hydrogens (tertiary/aromatic N) is 1. The first-order chi connectivity index (χ1) is 17.1. The van der Waals surface area contributed by atoms with Crippen LogP contribution in [0, 0.1) is 5.92 Å². The van der Waals surface area contributed by atoms with E-state index in [1.807, 2.05) is 12.1 Å². The third-order valence-electron chi connectivity index (χ3n) is 7.83. The number of rotatable bonds is 5. The summed E-state index contributed by atoms with van der Waals surface area (Å²) < 4.78 is 49.7. The summed E-state index contributed by atoms with van der Waals surface area (Å²) in [5.41, 5.74) is 0.889. The maximum absolute atomic E-state index is 13.3. The lowest BCUT2D eigenvalue weighted by molar-refractivity contribution is -0.215. The lowest BCUT2D eigenvalue weighted by Crippen LogP contribution is -2.49. The van der Waals surface area contributed by atoms with Gasteiger partial charge in [-0.05, 0) is 76.1 Å². The summed E-state index contributed by atoms with van der Waals surface area (Å²) in [5.74, 6) is 0.439. The first kappa shape index (κ1) is 23.2. The van der Waals surface area contributed by atoms with E-state index in [1.165, 1.54) is 18.9 Å². The number of likely N-dealkylation sites (tertiary alicyclic amines) is 1. The molecule has 0 amide bonds. The summed E-state index contributed by atoms with van der Waals surface area (Å²) in [4.78, 5) is 3.04. The van der Waals surface area contributed by atoms with Crippen molar-refractivity contribution in [3.05, 3.63) is 48.0 Å². The maximum atomic E-state index is 13.3. The highest BCUT2D eigenvalue weighted by Gasteiger charge is 2.47. The number of benzene rings is 2. The first-order valence-electron chi connectivity index (χ1n) is 12.5. The number of hydrogen-bond donors (Lipinski definition) is 1. The zero-order valence-corrected chi connectivity index (χ0v) is 20.6. The second kappa shape index (κ2) is 9.37. The molecule has 0 bridgehead atoms. The van der Waals surface area contributed by atoms with Crippen LogP contribution in [0.2, 0.25) is 0 Å². The van der Waals surface area contributed by atoms with Crippen molar-refractivity contribution in [2.45, 2.75) is 47.3 Å². The number of piperidine rings is 2. The van der Waals surface area contributed by atoms with Gasteiger partial charge in [0.1, 0.15) is 0 Å². The Morgan fingerprint density at radius 3 is 2.20 bits per heavy atom. The third-order valence-corrected chi connectivity index (χ3v) is 9.60. The largest absolute Gasteiger partial charge is 0.454 e. The molecule has 3 fully saturated rings. The minimum Gasteiger partial charge on any atom is -0.454 e. The molecule has 4 aliphatic heterocycles. The van der Waals surface area contributed by atoms with Crippen LogP contribution in [-0.2, 0) is 25.1 Å². The highest BCUT2D eigenvalue weighted by Crippen LogP contribution is 2.44. The van der Waals surface area contributed by atoms with E-state index in [0.29, 0.717) is 30.8 Å². The summed E-state index contributed by atoms with van der Waals surface area (Å²) in [6.45, 7) is 5.48. The molecule has 3 saturated heterocycles. The minimum atomic E-state index is -3.69. The molecule has 0 aliphatic carbocycles. The van der Waals surface area contributed by atoms with Crippen LogP contribution in [0.25, 0.3) is 0 Å². The molecule has 188 valence electrons. The summed E-state index contributed by atoms with van der Waals surface area (Å²) in [6.07, 6.45) is 4.42. The number of nitrogens with one attached hydrogen (secondary N) is 1. The molecule has 4 heterocycles. The molecule has 0 atom stereocenters. The molecule has 1 N–H and O–H groups in total. The molecular formula is C26H32N2O6S. The molecule has 0 aromatic heterocycles. The summed E-state index contributed by atoms with van der Waals surface area (Å²) in [6, 6.07) is 12.4. The van der Waals surface area contributed by atoms with E-state index >= 15 is 0 Å². The number of sulfone groups is 1. The van der Waals surface area contributed by atoms with Crippen molar-refractivity contribution in [3.8, 4) is 11.5 Å². The fourth-order valence-corrected chi connectivity index (χ4v) is 7.21. The van der Waals surface area contributed by atoms with Crippen LogP contribution in [0.15, 0.2) is 52.3 Å². The SMILES string of the molecule is O=S(=O)(c1ccc(C2(C3CCN(C4CCNCC4)CC3)OCCO2)cc1)c1ccc2c(c1)OCO2. The van der Waals surface area contributed by atoms with Crippen molar-refractivity contribution in [2.75, 3.05) is 46.2 Å². The van der Waals surface area contributed by atoms with E-state index in [9.17, 15) is 8.42 Å². The molecule has 0 saturated carbocycles. The van der Waals surface area contributed by atoms with Crippen LogP contribution >= 0.6 is 0 Å². The Morgan fingerprint density at radius 1 is 0.829 bits per heavy atom. The van der Waals surface area contributed by atoms with Crippen LogP contribution in [-0.4, -0.2) is 65.5 Å². The van der Waals surface area contributed by atoms with E-state index in [4.69, 9.17) is 18.9 Å². The van der Waals surface area contributed by atoms with Gasteiger partial charge >= 0.3 is 0 Å². The van der Waals surface area contributed by atoms with Gasteiger partial charge in [0.15, 0.2) is 17.3 Å². The molecule has 8 nitrogen and oxygen atoms in total. The topological polar surface area (TPSA) is 86.3 Å². The predicted molar refractivity (Wildman–Crippen MR) is 128 cm³/mol. The van der Waals surface area contributed by atoms with Gasteiger partial charge in [-0.1, -0.05) is 12.1 Å². The Bertz CT molecular complexity index is 1150. The van der Waals surface area contributed by atoms with Crippen LogP contribution in [0.1, 0.15) is 31.2 Å². The number of hydrogen-bond acceptors (Lipinski definition) is 8. The fraction of sp³-hybridized carbons (Fsp3) is 0.538. The fourth-order valence-electron chi connectivity index (χ4n) is 5.93. The molecule has 2 aromatic carbocycles. The van der Waals surface area contributed by atoms with Crippen molar-refractivity contribution in [3.63, 3.8) is 0 Å². The standard InChI is InChI=1S/C26H32N2O6S/c29-35(30,23-5-6-24-25(17-23)32-18-31-24)22-3-1-19(2-4-22)26(33-15-16-34-26)20-9-13-28(14-10-20)21-7-11-27-12-8-21/h1-6,17,20-21,27H,7-16,18H2. The maximum Gasteiger partial charge on any atom is 0.231 e. The third kappa shape index (κ3) is 4.23. The van der Waals surface area contributed by atoms with Crippen molar-refractivity contribution in [1.82, 2.24) is 10.2 Å². The van der Waals surface area contributed by atoms with E-state index in [0.717, 1.165) is 44.6 Å². The zero-order chi connectivity index (χ0) is 23.9. The molecule has 35 heavy (non-hydrogen) atoms. The second-order valence-corrected chi connectivity index (χ2v) is 11.6. The molecular weight excluding hydrogens is 468 g/mol. The van der Waals surface area contributed by atoms with Gasteiger partial charge in [0.2, 0.25) is 16.6 Å². The lowest BCUT2D eigenvalue weighted by atomic mass is 9.83. The summed E-state index contributed by atoms with van der Waals surface area (Å²) in [7, 11) is -3.69. The minimum absolute atomic E-state index is 0.104. The Hall–Kier alpha value is -2.17. The van der Waals surface area contributed by atoms with Gasteiger partial charge in [-0.25, -0.2) is 8.42 Å². The van der Waals surface area contributed by atoms with Gasteiger partial charge in [0.05, 0.1) is 23.0 Å². The smallest absolute Gasteiger partial charge is 0.231 e. The normalized spacial score (nSPS) is 23.5. The van der Waals surface area contributed by atoms with E-state index in [-0.39, 0.29) is 22.5 Å². The number of fused-ring (bicyclic) bond motifs is 1. The average Bonchev–Trinajstić information content (AvgIpc) is 3.60. The van der Waals surface area contributed by atoms with E-state index in [2.05, 4.69) is 10.2 Å². The van der Waals surface area contributed by atoms with Crippen LogP contribution in [0.5, 0.6) is 11.5 Å². The van der Waals surface area contributed by atoms with Gasteiger partial charge in [-0.2, -0.15) is 0 Å². The van der Waals surface area contributed by atoms with Gasteiger partial charge < -0.3 is 29.2 Å². The van der Waals surface area contributed by atoms with E-state index in [1.54, 1.807) is 24.3 Å². The molecule has 0 spiro atoms. The molecule has 0 unspecified atom stereocenters. The summed E-state index contributed by atoms with van der Waals surface area (Å²) in [5, 5.41) is 3.45. The Labute approximate surface area is 206 Å². The highest BCUT2D eigenvalue weighted by atomic mass is 32.2. The Balaban J connectivity index is 1.21. The highest BCUT2D eigenvalue weighted by molar-refractivity contribution is 7.91. The van der Waals surface area contributed by atoms with E-state index < -0.39 is 15.6 Å². The lowest BCUT2D eigenvalue weighted by Gasteiger charge is -2.44. The molecule has 2 aromatic rings. The molecule has 4 aliphatic rings. The molecule has 6 rings (SSSR count). The van der Waals surface area contributed by atoms with Crippen molar-refractivity contribution in [1.29, 1.82) is 0 Å². The second-order valence-electron chi connectivity index (χ2n) is 9.70. The van der Waals surface area contributed by atoms with Gasteiger partial charge in [-0.3, -0.25) is 0 Å². The summed E-state index contributed by atoms with van der Waals surface area (Å²) >= 11 is 0. The predicted octanol–water partition coefficient (Wildman–Crippen LogP) is 2.91. The quantitative estimate of drug-likeness (QED) is 0.671. The van der Waals surface area contributed by atoms with Crippen molar-refractivity contribution in [2.24, 2.45) is 5.92 Å². The number of ether oxygens (including phenoxy) is 4. The molecule has 0 radical (unpaired) electrons. The van der Waals surface area contributed by atoms with Gasteiger partial charge in [0.25, 0.3) is 0 Å². The van der Waals surface area contributed by atoms with Gasteiger partial charge in [0, 0.05) is 23.6 Å². The Morgan fingerprint density at radius 2 is 1.49 bits per heavy atom. The monoisotopic (exact) mass is 500 g/mol. The first-order valence-corrected chi connectivity index (χ1v) is 14.0. The van der Waals surface area contributed by atoms with Crippen molar-refractivity contribution < 1.29 is 27.4 Å². The zero-order valence-electron chi connectivity index (χ0n) is 19.8. The Kier molecular flexibility index (Phi) is 6.22. The molecule has 9 heteroatoms. The van der Waals surface area contributed by atoms with Crippen LogP contribution in [0.4, 0.5) is 0 Å². The van der Waals surface area contributed by atoms with Crippen LogP contribution < -0.4 is 14.8 Å². The average molecular weight is 501 g/mol. The van der Waals surface area contributed by atoms with Crippen LogP contribution in [0.3, 0.4) is 0 Å². The van der Waals surface area contributed by atoms with Gasteiger partial charge in [-0.15, -0.1) is 0 Å².